The van der Waals surface area contributed by atoms with Crippen LogP contribution in [0, 0.1) is 0 Å². The van der Waals surface area contributed by atoms with Crippen LogP contribution in [-0.2, 0) is 17.8 Å². The molecule has 3 aromatic carbocycles. The number of carbonyl (C=O) groups is 2. The summed E-state index contributed by atoms with van der Waals surface area (Å²) in [6.07, 6.45) is 0.842. The third-order valence-corrected chi connectivity index (χ3v) is 6.22. The number of carbonyl (C=O) groups excluding carboxylic acids is 2. The van der Waals surface area contributed by atoms with Gasteiger partial charge in [-0.15, -0.1) is 11.8 Å². The monoisotopic (exact) mass is 416 g/mol. The lowest BCUT2D eigenvalue weighted by molar-refractivity contribution is -0.118. The highest BCUT2D eigenvalue weighted by atomic mass is 32.2. The molecule has 0 saturated carbocycles. The van der Waals surface area contributed by atoms with Gasteiger partial charge in [-0.25, -0.2) is 0 Å². The van der Waals surface area contributed by atoms with Gasteiger partial charge in [0.25, 0.3) is 5.91 Å². The van der Waals surface area contributed by atoms with Gasteiger partial charge in [-0.1, -0.05) is 48.5 Å². The molecule has 2 amide bonds. The van der Waals surface area contributed by atoms with Crippen molar-refractivity contribution in [3.05, 3.63) is 95.6 Å². The van der Waals surface area contributed by atoms with Crippen molar-refractivity contribution in [1.82, 2.24) is 5.32 Å². The van der Waals surface area contributed by atoms with Gasteiger partial charge in [-0.3, -0.25) is 9.59 Å². The number of thioether (sulfide) groups is 1. The number of hydrogen-bond donors (Lipinski definition) is 1. The highest BCUT2D eigenvalue weighted by Gasteiger charge is 2.31. The average Bonchev–Trinajstić information content (AvgIpc) is 3.12. The van der Waals surface area contributed by atoms with Crippen molar-refractivity contribution in [2.45, 2.75) is 30.8 Å². The summed E-state index contributed by atoms with van der Waals surface area (Å²) >= 11 is 1.52. The third kappa shape index (κ3) is 4.57. The van der Waals surface area contributed by atoms with Crippen LogP contribution in [0.1, 0.15) is 28.4 Å². The molecule has 1 aliphatic heterocycles. The molecule has 1 atom stereocenters. The zero-order chi connectivity index (χ0) is 20.9. The first-order chi connectivity index (χ1) is 14.6. The molecule has 152 valence electrons. The quantitative estimate of drug-likeness (QED) is 0.593. The van der Waals surface area contributed by atoms with E-state index < -0.39 is 0 Å². The smallest absolute Gasteiger partial charge is 0.258 e. The molecule has 4 rings (SSSR count). The Morgan fingerprint density at radius 3 is 2.43 bits per heavy atom. The molecule has 0 spiro atoms. The molecule has 1 N–H and O–H groups in total. The summed E-state index contributed by atoms with van der Waals surface area (Å²) in [4.78, 5) is 28.3. The molecule has 0 bridgehead atoms. The maximum Gasteiger partial charge on any atom is 0.258 e. The largest absolute Gasteiger partial charge is 0.351 e. The molecule has 4 nitrogen and oxygen atoms in total. The topological polar surface area (TPSA) is 49.4 Å². The standard InChI is InChI=1S/C25H24N2O2S/c1-18-14-21-13-12-19(16-26-24(28)17-30-22-10-6-3-7-11-22)15-23(21)27(18)25(29)20-8-4-2-5-9-20/h2-13,15,18H,14,16-17H2,1H3,(H,26,28)/t18-/m0/s1. The Morgan fingerprint density at radius 1 is 1.00 bits per heavy atom. The van der Waals surface area contributed by atoms with Crippen LogP contribution in [0.3, 0.4) is 0 Å². The van der Waals surface area contributed by atoms with Crippen LogP contribution in [0.5, 0.6) is 0 Å². The fourth-order valence-corrected chi connectivity index (χ4v) is 4.46. The molecule has 0 fully saturated rings. The molecule has 30 heavy (non-hydrogen) atoms. The fourth-order valence-electron chi connectivity index (χ4n) is 3.71. The van der Waals surface area contributed by atoms with Crippen LogP contribution < -0.4 is 10.2 Å². The van der Waals surface area contributed by atoms with E-state index in [1.807, 2.05) is 77.7 Å². The van der Waals surface area contributed by atoms with E-state index in [9.17, 15) is 9.59 Å². The first-order valence-electron chi connectivity index (χ1n) is 10.1. The SMILES string of the molecule is C[C@H]1Cc2ccc(CNC(=O)CSc3ccccc3)cc2N1C(=O)c1ccccc1. The maximum absolute atomic E-state index is 13.1. The molecular formula is C25H24N2O2S. The van der Waals surface area contributed by atoms with Gasteiger partial charge >= 0.3 is 0 Å². The van der Waals surface area contributed by atoms with Gasteiger partial charge in [0.1, 0.15) is 0 Å². The molecule has 0 saturated heterocycles. The summed E-state index contributed by atoms with van der Waals surface area (Å²) in [5.41, 5.74) is 3.80. The highest BCUT2D eigenvalue weighted by molar-refractivity contribution is 8.00. The van der Waals surface area contributed by atoms with Crippen molar-refractivity contribution in [2.75, 3.05) is 10.7 Å². The van der Waals surface area contributed by atoms with E-state index in [2.05, 4.69) is 18.3 Å². The average molecular weight is 417 g/mol. The Balaban J connectivity index is 1.41. The number of benzene rings is 3. The molecule has 0 aromatic heterocycles. The minimum absolute atomic E-state index is 0.00469. The number of anilines is 1. The lowest BCUT2D eigenvalue weighted by atomic mass is 10.1. The van der Waals surface area contributed by atoms with E-state index in [4.69, 9.17) is 0 Å². The Kier molecular flexibility index (Phi) is 6.19. The second-order valence-corrected chi connectivity index (χ2v) is 8.48. The minimum atomic E-state index is -0.00469. The Labute approximate surface area is 181 Å². The summed E-state index contributed by atoms with van der Waals surface area (Å²) in [7, 11) is 0. The molecule has 0 unspecified atom stereocenters. The summed E-state index contributed by atoms with van der Waals surface area (Å²) in [5.74, 6) is 0.391. The van der Waals surface area contributed by atoms with Gasteiger partial charge in [0.05, 0.1) is 5.75 Å². The summed E-state index contributed by atoms with van der Waals surface area (Å²) in [5, 5.41) is 2.98. The molecule has 0 aliphatic carbocycles. The van der Waals surface area contributed by atoms with E-state index in [1.165, 1.54) is 17.3 Å². The van der Waals surface area contributed by atoms with Gasteiger partial charge in [0, 0.05) is 28.7 Å². The fraction of sp³-hybridized carbons (Fsp3) is 0.200. The second kappa shape index (κ2) is 9.18. The Morgan fingerprint density at radius 2 is 1.70 bits per heavy atom. The normalized spacial score (nSPS) is 15.0. The van der Waals surface area contributed by atoms with E-state index >= 15 is 0 Å². The van der Waals surface area contributed by atoms with Gasteiger partial charge in [-0.05, 0) is 54.8 Å². The molecule has 3 aromatic rings. The molecule has 1 aliphatic rings. The first kappa shape index (κ1) is 20.2. The van der Waals surface area contributed by atoms with Crippen molar-refractivity contribution < 1.29 is 9.59 Å². The molecule has 1 heterocycles. The molecule has 0 radical (unpaired) electrons. The van der Waals surface area contributed by atoms with E-state index in [-0.39, 0.29) is 17.9 Å². The van der Waals surface area contributed by atoms with Crippen LogP contribution in [0.15, 0.2) is 83.8 Å². The number of nitrogens with zero attached hydrogens (tertiary/aromatic N) is 1. The van der Waals surface area contributed by atoms with E-state index in [0.717, 1.165) is 22.6 Å². The van der Waals surface area contributed by atoms with Crippen LogP contribution in [0.2, 0.25) is 0 Å². The van der Waals surface area contributed by atoms with Gasteiger partial charge in [0.15, 0.2) is 0 Å². The predicted octanol–water partition coefficient (Wildman–Crippen LogP) is 4.69. The lowest BCUT2D eigenvalue weighted by Gasteiger charge is -2.23. The van der Waals surface area contributed by atoms with Gasteiger partial charge < -0.3 is 10.2 Å². The first-order valence-corrected chi connectivity index (χ1v) is 11.1. The van der Waals surface area contributed by atoms with Crippen molar-refractivity contribution >= 4 is 29.3 Å². The van der Waals surface area contributed by atoms with Crippen molar-refractivity contribution in [3.63, 3.8) is 0 Å². The summed E-state index contributed by atoms with van der Waals surface area (Å²) < 4.78 is 0. The van der Waals surface area contributed by atoms with E-state index in [0.29, 0.717) is 17.9 Å². The minimum Gasteiger partial charge on any atom is -0.351 e. The highest BCUT2D eigenvalue weighted by Crippen LogP contribution is 2.34. The maximum atomic E-state index is 13.1. The van der Waals surface area contributed by atoms with Gasteiger partial charge in [0.2, 0.25) is 5.91 Å². The van der Waals surface area contributed by atoms with Crippen molar-refractivity contribution in [3.8, 4) is 0 Å². The zero-order valence-electron chi connectivity index (χ0n) is 16.9. The van der Waals surface area contributed by atoms with Crippen LogP contribution in [0.4, 0.5) is 5.69 Å². The van der Waals surface area contributed by atoms with Crippen molar-refractivity contribution in [2.24, 2.45) is 0 Å². The van der Waals surface area contributed by atoms with E-state index in [1.54, 1.807) is 0 Å². The Bertz CT molecular complexity index is 1040. The summed E-state index contributed by atoms with van der Waals surface area (Å²) in [6, 6.07) is 25.5. The number of amides is 2. The Hall–Kier alpha value is -3.05. The van der Waals surface area contributed by atoms with Crippen LogP contribution in [-0.4, -0.2) is 23.6 Å². The second-order valence-electron chi connectivity index (χ2n) is 7.44. The lowest BCUT2D eigenvalue weighted by Crippen LogP contribution is -2.35. The van der Waals surface area contributed by atoms with Crippen LogP contribution in [0.25, 0.3) is 0 Å². The zero-order valence-corrected chi connectivity index (χ0v) is 17.7. The van der Waals surface area contributed by atoms with Crippen molar-refractivity contribution in [1.29, 1.82) is 0 Å². The number of rotatable bonds is 6. The molecular weight excluding hydrogens is 392 g/mol. The number of fused-ring (bicyclic) bond motifs is 1. The van der Waals surface area contributed by atoms with Gasteiger partial charge in [-0.2, -0.15) is 0 Å². The number of nitrogens with one attached hydrogen (secondary N) is 1. The summed E-state index contributed by atoms with van der Waals surface area (Å²) in [6.45, 7) is 2.52. The van der Waals surface area contributed by atoms with Crippen LogP contribution >= 0.6 is 11.8 Å². The predicted molar refractivity (Wildman–Crippen MR) is 122 cm³/mol. The number of hydrogen-bond acceptors (Lipinski definition) is 3. The molecule has 5 heteroatoms. The third-order valence-electron chi connectivity index (χ3n) is 5.21.